The molecule has 0 N–H and O–H groups in total. The van der Waals surface area contributed by atoms with E-state index in [9.17, 15) is 4.79 Å². The van der Waals surface area contributed by atoms with Crippen molar-refractivity contribution in [2.75, 3.05) is 32.9 Å². The second-order valence-corrected chi connectivity index (χ2v) is 5.81. The van der Waals surface area contributed by atoms with Gasteiger partial charge in [-0.2, -0.15) is 0 Å². The number of carbonyl (C=O) groups is 1. The van der Waals surface area contributed by atoms with Crippen LogP contribution in [0.3, 0.4) is 0 Å². The van der Waals surface area contributed by atoms with Crippen molar-refractivity contribution in [2.45, 2.75) is 46.5 Å². The summed E-state index contributed by atoms with van der Waals surface area (Å²) in [5, 5.41) is 0. The van der Waals surface area contributed by atoms with E-state index in [0.717, 1.165) is 25.9 Å². The lowest BCUT2D eigenvalue weighted by molar-refractivity contribution is 0.0760. The number of hydrogen-bond donors (Lipinski definition) is 0. The fraction of sp³-hybridized carbons (Fsp3) is 0.632. The van der Waals surface area contributed by atoms with Crippen molar-refractivity contribution in [3.8, 4) is 17.2 Å². The number of ether oxygens (including phenoxy) is 3. The summed E-state index contributed by atoms with van der Waals surface area (Å²) in [7, 11) is 0. The van der Waals surface area contributed by atoms with Gasteiger partial charge in [0.25, 0.3) is 5.91 Å². The zero-order valence-corrected chi connectivity index (χ0v) is 15.1. The molecule has 0 aliphatic carbocycles. The third-order valence-electron chi connectivity index (χ3n) is 4.05. The molecular weight excluding hydrogens is 306 g/mol. The molecule has 0 bridgehead atoms. The van der Waals surface area contributed by atoms with Crippen LogP contribution in [0.15, 0.2) is 12.1 Å². The van der Waals surface area contributed by atoms with Gasteiger partial charge in [0.15, 0.2) is 11.5 Å². The van der Waals surface area contributed by atoms with Crippen LogP contribution in [0.2, 0.25) is 0 Å². The molecule has 1 aromatic rings. The van der Waals surface area contributed by atoms with Crippen LogP contribution in [-0.2, 0) is 0 Å². The van der Waals surface area contributed by atoms with Gasteiger partial charge in [-0.3, -0.25) is 4.79 Å². The number of nitrogens with zero attached hydrogens (tertiary/aromatic N) is 1. The van der Waals surface area contributed by atoms with Crippen LogP contribution in [0.4, 0.5) is 0 Å². The lowest BCUT2D eigenvalue weighted by Gasteiger charge is -2.22. The van der Waals surface area contributed by atoms with E-state index in [1.165, 1.54) is 12.8 Å². The summed E-state index contributed by atoms with van der Waals surface area (Å²) in [4.78, 5) is 14.8. The number of rotatable bonds is 7. The molecule has 1 aromatic carbocycles. The first-order valence-corrected chi connectivity index (χ1v) is 9.06. The molecule has 5 heteroatoms. The number of hydrogen-bond acceptors (Lipinski definition) is 4. The smallest absolute Gasteiger partial charge is 0.254 e. The topological polar surface area (TPSA) is 48.0 Å². The molecule has 0 saturated carbocycles. The van der Waals surface area contributed by atoms with Crippen LogP contribution in [0.25, 0.3) is 0 Å². The molecule has 24 heavy (non-hydrogen) atoms. The second-order valence-electron chi connectivity index (χ2n) is 5.81. The molecular formula is C19H29NO4. The molecule has 0 spiro atoms. The summed E-state index contributed by atoms with van der Waals surface area (Å²) in [6, 6.07) is 3.56. The Hall–Kier alpha value is -1.91. The molecule has 1 heterocycles. The van der Waals surface area contributed by atoms with Gasteiger partial charge in [-0.1, -0.05) is 12.8 Å². The zero-order chi connectivity index (χ0) is 17.4. The highest BCUT2D eigenvalue weighted by Crippen LogP contribution is 2.39. The maximum absolute atomic E-state index is 12.9. The van der Waals surface area contributed by atoms with E-state index in [4.69, 9.17) is 14.2 Å². The average molecular weight is 335 g/mol. The van der Waals surface area contributed by atoms with E-state index in [1.807, 2.05) is 25.7 Å². The average Bonchev–Trinajstić information content (AvgIpc) is 2.86. The van der Waals surface area contributed by atoms with Gasteiger partial charge in [0.05, 0.1) is 19.8 Å². The first-order valence-electron chi connectivity index (χ1n) is 9.06. The van der Waals surface area contributed by atoms with Crippen molar-refractivity contribution in [1.29, 1.82) is 0 Å². The van der Waals surface area contributed by atoms with Crippen molar-refractivity contribution in [2.24, 2.45) is 0 Å². The summed E-state index contributed by atoms with van der Waals surface area (Å²) in [6.45, 7) is 8.92. The Morgan fingerprint density at radius 2 is 1.38 bits per heavy atom. The van der Waals surface area contributed by atoms with E-state index in [0.29, 0.717) is 42.6 Å². The Labute approximate surface area is 144 Å². The van der Waals surface area contributed by atoms with Gasteiger partial charge in [0.2, 0.25) is 5.75 Å². The Bertz CT molecular complexity index is 509. The molecule has 1 amide bonds. The minimum absolute atomic E-state index is 0.0434. The molecule has 1 fully saturated rings. The standard InChI is InChI=1S/C19H29NO4/c1-4-22-16-13-15(14-17(23-5-2)18(16)24-6-3)19(21)20-11-9-7-8-10-12-20/h13-14H,4-12H2,1-3H3. The molecule has 0 aromatic heterocycles. The molecule has 1 aliphatic heterocycles. The van der Waals surface area contributed by atoms with Gasteiger partial charge in [-0.15, -0.1) is 0 Å². The van der Waals surface area contributed by atoms with Crippen LogP contribution in [0.1, 0.15) is 56.8 Å². The summed E-state index contributed by atoms with van der Waals surface area (Å²) in [5.74, 6) is 1.77. The van der Waals surface area contributed by atoms with Gasteiger partial charge in [-0.25, -0.2) is 0 Å². The molecule has 5 nitrogen and oxygen atoms in total. The van der Waals surface area contributed by atoms with Crippen LogP contribution in [-0.4, -0.2) is 43.7 Å². The zero-order valence-electron chi connectivity index (χ0n) is 15.1. The number of benzene rings is 1. The van der Waals surface area contributed by atoms with Crippen molar-refractivity contribution >= 4 is 5.91 Å². The van der Waals surface area contributed by atoms with Crippen molar-refractivity contribution in [3.05, 3.63) is 17.7 Å². The highest BCUT2D eigenvalue weighted by molar-refractivity contribution is 5.95. The minimum atomic E-state index is 0.0434. The maximum atomic E-state index is 12.9. The number of amides is 1. The number of carbonyl (C=O) groups excluding carboxylic acids is 1. The third-order valence-corrected chi connectivity index (χ3v) is 4.05. The molecule has 0 radical (unpaired) electrons. The van der Waals surface area contributed by atoms with Gasteiger partial charge < -0.3 is 19.1 Å². The Kier molecular flexibility index (Phi) is 7.22. The van der Waals surface area contributed by atoms with Crippen LogP contribution < -0.4 is 14.2 Å². The highest BCUT2D eigenvalue weighted by Gasteiger charge is 2.22. The largest absolute Gasteiger partial charge is 0.490 e. The second kappa shape index (κ2) is 9.40. The van der Waals surface area contributed by atoms with E-state index in [2.05, 4.69) is 0 Å². The normalized spacial score (nSPS) is 14.9. The van der Waals surface area contributed by atoms with Gasteiger partial charge >= 0.3 is 0 Å². The maximum Gasteiger partial charge on any atom is 0.254 e. The monoisotopic (exact) mass is 335 g/mol. The lowest BCUT2D eigenvalue weighted by Crippen LogP contribution is -2.31. The van der Waals surface area contributed by atoms with Gasteiger partial charge in [-0.05, 0) is 45.7 Å². The Morgan fingerprint density at radius 3 is 1.83 bits per heavy atom. The fourth-order valence-corrected chi connectivity index (χ4v) is 2.97. The Balaban J connectivity index is 2.35. The van der Waals surface area contributed by atoms with Crippen LogP contribution in [0, 0.1) is 0 Å². The quantitative estimate of drug-likeness (QED) is 0.758. The fourth-order valence-electron chi connectivity index (χ4n) is 2.97. The Morgan fingerprint density at radius 1 is 0.875 bits per heavy atom. The van der Waals surface area contributed by atoms with E-state index in [-0.39, 0.29) is 5.91 Å². The SMILES string of the molecule is CCOc1cc(C(=O)N2CCCCCC2)cc(OCC)c1OCC. The molecule has 2 rings (SSSR count). The predicted molar refractivity (Wildman–Crippen MR) is 94.3 cm³/mol. The summed E-state index contributed by atoms with van der Waals surface area (Å²) in [5.41, 5.74) is 0.604. The van der Waals surface area contributed by atoms with Crippen molar-refractivity contribution in [1.82, 2.24) is 4.90 Å². The van der Waals surface area contributed by atoms with Crippen LogP contribution in [0.5, 0.6) is 17.2 Å². The van der Waals surface area contributed by atoms with E-state index < -0.39 is 0 Å². The predicted octanol–water partition coefficient (Wildman–Crippen LogP) is 3.90. The van der Waals surface area contributed by atoms with Gasteiger partial charge in [0, 0.05) is 18.7 Å². The van der Waals surface area contributed by atoms with E-state index in [1.54, 1.807) is 12.1 Å². The third kappa shape index (κ3) is 4.56. The molecule has 134 valence electrons. The molecule has 0 unspecified atom stereocenters. The van der Waals surface area contributed by atoms with Crippen LogP contribution >= 0.6 is 0 Å². The highest BCUT2D eigenvalue weighted by atomic mass is 16.5. The first kappa shape index (κ1) is 18.4. The van der Waals surface area contributed by atoms with Gasteiger partial charge in [0.1, 0.15) is 0 Å². The molecule has 1 saturated heterocycles. The van der Waals surface area contributed by atoms with Crippen molar-refractivity contribution in [3.63, 3.8) is 0 Å². The van der Waals surface area contributed by atoms with E-state index >= 15 is 0 Å². The lowest BCUT2D eigenvalue weighted by atomic mass is 10.1. The summed E-state index contributed by atoms with van der Waals surface area (Å²) in [6.07, 6.45) is 4.53. The summed E-state index contributed by atoms with van der Waals surface area (Å²) < 4.78 is 17.1. The summed E-state index contributed by atoms with van der Waals surface area (Å²) >= 11 is 0. The molecule has 1 aliphatic rings. The van der Waals surface area contributed by atoms with Crippen molar-refractivity contribution < 1.29 is 19.0 Å². The first-order chi connectivity index (χ1) is 11.7. The number of likely N-dealkylation sites (tertiary alicyclic amines) is 1. The molecule has 0 atom stereocenters. The minimum Gasteiger partial charge on any atom is -0.490 e.